The van der Waals surface area contributed by atoms with E-state index in [1.165, 1.54) is 0 Å². The molecule has 2 atom stereocenters. The number of nitrogens with one attached hydrogen (secondary N) is 2. The lowest BCUT2D eigenvalue weighted by Crippen LogP contribution is -2.48. The van der Waals surface area contributed by atoms with Crippen LogP contribution in [0.3, 0.4) is 0 Å². The molecule has 6 heteroatoms. The predicted octanol–water partition coefficient (Wildman–Crippen LogP) is 3.10. The lowest BCUT2D eigenvalue weighted by atomic mass is 9.89. The zero-order valence-corrected chi connectivity index (χ0v) is 16.0. The Labute approximate surface area is 153 Å². The lowest BCUT2D eigenvalue weighted by molar-refractivity contribution is -0.133. The van der Waals surface area contributed by atoms with E-state index in [0.29, 0.717) is 25.3 Å². The smallest absolute Gasteiger partial charge is 0.312 e. The average molecular weight is 358 g/mol. The fraction of sp³-hybridized carbons (Fsp3) is 0.842. The van der Waals surface area contributed by atoms with Gasteiger partial charge in [0.05, 0.1) is 6.04 Å². The molecule has 0 aliphatic carbocycles. The highest BCUT2D eigenvalue weighted by atomic mass is 16.2. The number of hydrogen-bond acceptors (Lipinski definition) is 3. The summed E-state index contributed by atoms with van der Waals surface area (Å²) in [5.41, 5.74) is 5.04. The number of hydrogen-bond donors (Lipinski definition) is 3. The van der Waals surface area contributed by atoms with E-state index >= 15 is 0 Å². The molecule has 0 saturated carbocycles. The fourth-order valence-corrected chi connectivity index (χ4v) is 2.68. The minimum absolute atomic E-state index is 0. The van der Waals surface area contributed by atoms with Crippen LogP contribution in [0.2, 0.25) is 0 Å². The molecule has 0 rings (SSSR count). The topological polar surface area (TPSA) is 101 Å². The molecule has 0 heterocycles. The Hall–Kier alpha value is -1.59. The first-order valence-corrected chi connectivity index (χ1v) is 8.93. The molecule has 4 N–H and O–H groups in total. The van der Waals surface area contributed by atoms with Gasteiger partial charge in [0.25, 0.3) is 0 Å². The zero-order chi connectivity index (χ0) is 18.9. The van der Waals surface area contributed by atoms with E-state index < -0.39 is 12.1 Å². The maximum Gasteiger partial charge on any atom is 0.312 e. The highest BCUT2D eigenvalue weighted by Crippen LogP contribution is 2.19. The quantitative estimate of drug-likeness (QED) is 0.495. The van der Waals surface area contributed by atoms with E-state index in [1.807, 2.05) is 27.7 Å². The predicted molar refractivity (Wildman–Crippen MR) is 103 cm³/mol. The molecule has 3 amide bonds. The molecule has 0 aromatic rings. The molecule has 0 aliphatic rings. The Morgan fingerprint density at radius 1 is 1.00 bits per heavy atom. The van der Waals surface area contributed by atoms with Crippen LogP contribution in [0.15, 0.2) is 0 Å². The maximum absolute atomic E-state index is 12.7. The number of nitrogens with two attached hydrogens (primary N) is 1. The van der Waals surface area contributed by atoms with Gasteiger partial charge in [0, 0.05) is 18.4 Å². The van der Waals surface area contributed by atoms with Gasteiger partial charge in [-0.3, -0.25) is 9.59 Å². The van der Waals surface area contributed by atoms with E-state index in [1.54, 1.807) is 0 Å². The van der Waals surface area contributed by atoms with Crippen molar-refractivity contribution >= 4 is 17.7 Å². The number of carbonyl (C=O) groups is 3. The molecule has 6 nitrogen and oxygen atoms in total. The third-order valence-corrected chi connectivity index (χ3v) is 4.00. The van der Waals surface area contributed by atoms with Crippen molar-refractivity contribution in [2.45, 2.75) is 74.3 Å². The van der Waals surface area contributed by atoms with Crippen molar-refractivity contribution in [2.24, 2.45) is 29.4 Å². The third kappa shape index (κ3) is 10.8. The summed E-state index contributed by atoms with van der Waals surface area (Å²) in [7, 11) is 0. The molecule has 25 heavy (non-hydrogen) atoms. The molecular formula is C19H39N3O3. The third-order valence-electron chi connectivity index (χ3n) is 4.00. The summed E-state index contributed by atoms with van der Waals surface area (Å²) in [6.07, 6.45) is 2.09. The molecule has 148 valence electrons. The van der Waals surface area contributed by atoms with Crippen LogP contribution in [0, 0.1) is 23.7 Å². The first-order valence-electron chi connectivity index (χ1n) is 8.93. The van der Waals surface area contributed by atoms with Crippen LogP contribution in [0.25, 0.3) is 0 Å². The van der Waals surface area contributed by atoms with Crippen LogP contribution in [0.1, 0.15) is 68.2 Å². The van der Waals surface area contributed by atoms with Crippen molar-refractivity contribution in [3.63, 3.8) is 0 Å². The van der Waals surface area contributed by atoms with Gasteiger partial charge in [-0.1, -0.05) is 49.0 Å². The van der Waals surface area contributed by atoms with E-state index in [-0.39, 0.29) is 36.9 Å². The van der Waals surface area contributed by atoms with E-state index in [4.69, 9.17) is 5.73 Å². The van der Waals surface area contributed by atoms with Crippen LogP contribution in [-0.4, -0.2) is 30.3 Å². The largest absolute Gasteiger partial charge is 0.352 e. The van der Waals surface area contributed by atoms with Crippen LogP contribution >= 0.6 is 0 Å². The minimum Gasteiger partial charge on any atom is -0.352 e. The van der Waals surface area contributed by atoms with Gasteiger partial charge in [-0.15, -0.1) is 0 Å². The molecule has 0 spiro atoms. The maximum atomic E-state index is 12.7. The normalized spacial score (nSPS) is 13.3. The molecule has 0 unspecified atom stereocenters. The highest BCUT2D eigenvalue weighted by molar-refractivity contribution is 5.91. The first kappa shape index (κ1) is 25.6. The molecule has 0 aliphatic heterocycles. The number of urea groups is 1. The van der Waals surface area contributed by atoms with Crippen LogP contribution < -0.4 is 16.4 Å². The van der Waals surface area contributed by atoms with Crippen LogP contribution in [-0.2, 0) is 9.59 Å². The summed E-state index contributed by atoms with van der Waals surface area (Å²) in [4.78, 5) is 35.7. The zero-order valence-electron chi connectivity index (χ0n) is 16.0. The SMILES string of the molecule is C.CC(C)C[C@@H](CCCNC(N)=O)C(=O)N[C@H](C(=O)C(C)C)C(C)C. The van der Waals surface area contributed by atoms with E-state index in [9.17, 15) is 14.4 Å². The molecule has 0 bridgehead atoms. The standard InChI is InChI=1S/C18H35N3O3.CH4/c1-11(2)10-14(8-7-9-20-18(19)24)17(23)21-15(12(3)4)16(22)13(5)6;/h11-15H,7-10H2,1-6H3,(H,21,23)(H3,19,20,24);1H4/t14-,15+;/m1./s1. The van der Waals surface area contributed by atoms with Crippen molar-refractivity contribution in [1.82, 2.24) is 10.6 Å². The molecule has 0 saturated heterocycles. The van der Waals surface area contributed by atoms with Gasteiger partial charge >= 0.3 is 6.03 Å². The monoisotopic (exact) mass is 357 g/mol. The molecule has 0 aromatic carbocycles. The van der Waals surface area contributed by atoms with Gasteiger partial charge in [0.1, 0.15) is 0 Å². The van der Waals surface area contributed by atoms with Gasteiger partial charge in [-0.2, -0.15) is 0 Å². The number of Topliss-reactive ketones (excluding diaryl/α,β-unsaturated/α-hetero) is 1. The van der Waals surface area contributed by atoms with Crippen molar-refractivity contribution in [2.75, 3.05) is 6.54 Å². The summed E-state index contributed by atoms with van der Waals surface area (Å²) in [6, 6.07) is -1.00. The summed E-state index contributed by atoms with van der Waals surface area (Å²) < 4.78 is 0. The number of carbonyl (C=O) groups excluding carboxylic acids is 3. The molecular weight excluding hydrogens is 318 g/mol. The fourth-order valence-electron chi connectivity index (χ4n) is 2.68. The van der Waals surface area contributed by atoms with Crippen LogP contribution in [0.5, 0.6) is 0 Å². The van der Waals surface area contributed by atoms with Crippen molar-refractivity contribution in [3.05, 3.63) is 0 Å². The second-order valence-electron chi connectivity index (χ2n) is 7.55. The number of amides is 3. The minimum atomic E-state index is -0.553. The number of rotatable bonds is 11. The van der Waals surface area contributed by atoms with E-state index in [0.717, 1.165) is 6.42 Å². The first-order chi connectivity index (χ1) is 11.1. The summed E-state index contributed by atoms with van der Waals surface area (Å²) in [5, 5.41) is 5.49. The van der Waals surface area contributed by atoms with Crippen LogP contribution in [0.4, 0.5) is 4.79 Å². The highest BCUT2D eigenvalue weighted by Gasteiger charge is 2.29. The summed E-state index contributed by atoms with van der Waals surface area (Å²) in [5.74, 6) is 0.151. The van der Waals surface area contributed by atoms with Gasteiger partial charge < -0.3 is 16.4 Å². The van der Waals surface area contributed by atoms with Gasteiger partial charge in [-0.25, -0.2) is 4.79 Å². The van der Waals surface area contributed by atoms with Gasteiger partial charge in [-0.05, 0) is 31.1 Å². The lowest BCUT2D eigenvalue weighted by Gasteiger charge is -2.26. The average Bonchev–Trinajstić information content (AvgIpc) is 2.45. The van der Waals surface area contributed by atoms with Gasteiger partial charge in [0.15, 0.2) is 5.78 Å². The van der Waals surface area contributed by atoms with Gasteiger partial charge in [0.2, 0.25) is 5.91 Å². The molecule has 0 radical (unpaired) electrons. The summed E-state index contributed by atoms with van der Waals surface area (Å²) in [6.45, 7) is 12.2. The summed E-state index contributed by atoms with van der Waals surface area (Å²) >= 11 is 0. The Bertz CT molecular complexity index is 420. The van der Waals surface area contributed by atoms with Crippen molar-refractivity contribution in [3.8, 4) is 0 Å². The second kappa shape index (κ2) is 12.7. The molecule has 0 fully saturated rings. The number of ketones is 1. The van der Waals surface area contributed by atoms with Crippen molar-refractivity contribution < 1.29 is 14.4 Å². The Morgan fingerprint density at radius 2 is 1.56 bits per heavy atom. The van der Waals surface area contributed by atoms with Crippen molar-refractivity contribution in [1.29, 1.82) is 0 Å². The molecule has 0 aromatic heterocycles. The second-order valence-corrected chi connectivity index (χ2v) is 7.55. The Kier molecular flexibility index (Phi) is 13.1. The Balaban J connectivity index is 0. The Morgan fingerprint density at radius 3 is 1.96 bits per heavy atom. The van der Waals surface area contributed by atoms with E-state index in [2.05, 4.69) is 24.5 Å². The number of primary amides is 1.